The van der Waals surface area contributed by atoms with Crippen molar-refractivity contribution in [1.82, 2.24) is 19.7 Å². The summed E-state index contributed by atoms with van der Waals surface area (Å²) >= 11 is 3.44. The fraction of sp³-hybridized carbons (Fsp3) is 0.0909. The molecule has 5 nitrogen and oxygen atoms in total. The van der Waals surface area contributed by atoms with E-state index in [1.807, 2.05) is 29.8 Å². The van der Waals surface area contributed by atoms with E-state index in [0.717, 1.165) is 27.0 Å². The van der Waals surface area contributed by atoms with Crippen LogP contribution in [0.15, 0.2) is 28.7 Å². The molecule has 3 aromatic rings. The highest BCUT2D eigenvalue weighted by molar-refractivity contribution is 9.10. The first-order valence-electron chi connectivity index (χ1n) is 5.08. The van der Waals surface area contributed by atoms with Gasteiger partial charge in [0.2, 0.25) is 0 Å². The highest BCUT2D eigenvalue weighted by Gasteiger charge is 2.11. The van der Waals surface area contributed by atoms with Crippen molar-refractivity contribution in [2.24, 2.45) is 7.05 Å². The van der Waals surface area contributed by atoms with Crippen LogP contribution < -0.4 is 5.73 Å². The number of nitrogens with two attached hydrogens (primary N) is 1. The number of H-pyrrole nitrogens is 1. The first-order valence-corrected chi connectivity index (χ1v) is 5.87. The summed E-state index contributed by atoms with van der Waals surface area (Å²) in [5.74, 6) is 1.29. The van der Waals surface area contributed by atoms with Gasteiger partial charge in [-0.15, -0.1) is 0 Å². The van der Waals surface area contributed by atoms with Gasteiger partial charge < -0.3 is 10.3 Å². The first kappa shape index (κ1) is 10.3. The number of hydrogen-bond acceptors (Lipinski definition) is 3. The Kier molecular flexibility index (Phi) is 2.19. The van der Waals surface area contributed by atoms with Crippen LogP contribution in [-0.2, 0) is 7.05 Å². The highest BCUT2D eigenvalue weighted by Crippen LogP contribution is 2.25. The Morgan fingerprint density at radius 3 is 2.88 bits per heavy atom. The molecule has 0 unspecified atom stereocenters. The third-order valence-corrected chi connectivity index (χ3v) is 3.17. The van der Waals surface area contributed by atoms with E-state index < -0.39 is 0 Å². The first-order chi connectivity index (χ1) is 8.15. The van der Waals surface area contributed by atoms with Gasteiger partial charge in [-0.1, -0.05) is 15.9 Å². The number of halogens is 1. The topological polar surface area (TPSA) is 72.5 Å². The zero-order chi connectivity index (χ0) is 12.0. The monoisotopic (exact) mass is 291 g/mol. The molecule has 0 saturated carbocycles. The molecular formula is C11H10BrN5. The zero-order valence-electron chi connectivity index (χ0n) is 9.11. The predicted octanol–water partition coefficient (Wildman–Crippen LogP) is 2.31. The van der Waals surface area contributed by atoms with E-state index in [2.05, 4.69) is 31.1 Å². The van der Waals surface area contributed by atoms with Gasteiger partial charge in [-0.2, -0.15) is 5.10 Å². The molecule has 86 valence electrons. The zero-order valence-corrected chi connectivity index (χ0v) is 10.7. The van der Waals surface area contributed by atoms with Crippen molar-refractivity contribution in [2.75, 3.05) is 5.73 Å². The van der Waals surface area contributed by atoms with Crippen LogP contribution in [0.3, 0.4) is 0 Å². The third-order valence-electron chi connectivity index (χ3n) is 2.68. The molecule has 3 rings (SSSR count). The van der Waals surface area contributed by atoms with Gasteiger partial charge >= 0.3 is 0 Å². The molecule has 6 heteroatoms. The molecule has 0 amide bonds. The molecule has 0 atom stereocenters. The van der Waals surface area contributed by atoms with Crippen LogP contribution in [0.4, 0.5) is 5.82 Å². The maximum atomic E-state index is 5.60. The van der Waals surface area contributed by atoms with Gasteiger partial charge in [-0.05, 0) is 18.2 Å². The van der Waals surface area contributed by atoms with Crippen molar-refractivity contribution < 1.29 is 0 Å². The number of nitrogens with zero attached hydrogens (tertiary/aromatic N) is 3. The van der Waals surface area contributed by atoms with E-state index in [9.17, 15) is 0 Å². The molecule has 0 bridgehead atoms. The Labute approximate surface area is 106 Å². The van der Waals surface area contributed by atoms with Crippen LogP contribution >= 0.6 is 15.9 Å². The number of rotatable bonds is 1. The molecule has 0 aliphatic heterocycles. The number of nitrogens with one attached hydrogen (secondary N) is 1. The molecule has 0 saturated heterocycles. The molecule has 0 aliphatic rings. The van der Waals surface area contributed by atoms with Crippen LogP contribution in [0, 0.1) is 0 Å². The van der Waals surface area contributed by atoms with Crippen molar-refractivity contribution in [3.8, 4) is 11.5 Å². The Morgan fingerprint density at radius 1 is 1.35 bits per heavy atom. The van der Waals surface area contributed by atoms with Gasteiger partial charge in [0.1, 0.15) is 11.5 Å². The molecule has 0 radical (unpaired) electrons. The summed E-state index contributed by atoms with van der Waals surface area (Å²) < 4.78 is 3.02. The Balaban J connectivity index is 2.27. The summed E-state index contributed by atoms with van der Waals surface area (Å²) in [6.45, 7) is 0. The van der Waals surface area contributed by atoms with Crippen LogP contribution in [0.25, 0.3) is 22.6 Å². The highest BCUT2D eigenvalue weighted by atomic mass is 79.9. The summed E-state index contributed by atoms with van der Waals surface area (Å²) in [5.41, 5.74) is 8.42. The summed E-state index contributed by atoms with van der Waals surface area (Å²) in [6, 6.07) is 7.78. The minimum Gasteiger partial charge on any atom is -0.382 e. The number of aromatic nitrogens is 4. The number of nitrogen functional groups attached to an aromatic ring is 1. The lowest BCUT2D eigenvalue weighted by molar-refractivity contribution is 0.944. The maximum Gasteiger partial charge on any atom is 0.159 e. The molecule has 3 N–H and O–H groups in total. The van der Waals surface area contributed by atoms with E-state index in [1.54, 1.807) is 6.07 Å². The van der Waals surface area contributed by atoms with E-state index >= 15 is 0 Å². The summed E-state index contributed by atoms with van der Waals surface area (Å²) in [6.07, 6.45) is 0. The lowest BCUT2D eigenvalue weighted by Crippen LogP contribution is -1.92. The number of benzene rings is 1. The number of hydrogen-bond donors (Lipinski definition) is 2. The van der Waals surface area contributed by atoms with E-state index in [1.165, 1.54) is 0 Å². The second-order valence-corrected chi connectivity index (χ2v) is 4.75. The lowest BCUT2D eigenvalue weighted by atomic mass is 10.3. The molecule has 0 aliphatic carbocycles. The van der Waals surface area contributed by atoms with E-state index in [4.69, 9.17) is 5.73 Å². The minimum absolute atomic E-state index is 0.466. The second-order valence-electron chi connectivity index (χ2n) is 3.83. The Bertz CT molecular complexity index is 697. The van der Waals surface area contributed by atoms with Crippen LogP contribution in [0.5, 0.6) is 0 Å². The molecule has 17 heavy (non-hydrogen) atoms. The van der Waals surface area contributed by atoms with Crippen LogP contribution in [-0.4, -0.2) is 19.7 Å². The average molecular weight is 292 g/mol. The Hall–Kier alpha value is -1.82. The van der Waals surface area contributed by atoms with E-state index in [-0.39, 0.29) is 0 Å². The number of aryl methyl sites for hydroxylation is 1. The van der Waals surface area contributed by atoms with Gasteiger partial charge in [0.05, 0.1) is 11.0 Å². The summed E-state index contributed by atoms with van der Waals surface area (Å²) in [5, 5.41) is 6.78. The fourth-order valence-corrected chi connectivity index (χ4v) is 2.21. The molecule has 0 spiro atoms. The maximum absolute atomic E-state index is 5.60. The second kappa shape index (κ2) is 3.59. The molecule has 0 fully saturated rings. The van der Waals surface area contributed by atoms with Gasteiger partial charge in [-0.25, -0.2) is 4.98 Å². The molecular weight excluding hydrogens is 282 g/mol. The predicted molar refractivity (Wildman–Crippen MR) is 70.4 cm³/mol. The van der Waals surface area contributed by atoms with Gasteiger partial charge in [0.15, 0.2) is 5.82 Å². The SMILES string of the molecule is Cn1c(-c2cc(N)n[nH]2)nc2cc(Br)ccc21. The van der Waals surface area contributed by atoms with Crippen LogP contribution in [0.1, 0.15) is 0 Å². The Morgan fingerprint density at radius 2 is 2.18 bits per heavy atom. The smallest absolute Gasteiger partial charge is 0.159 e. The number of fused-ring (bicyclic) bond motifs is 1. The number of imidazole rings is 1. The van der Waals surface area contributed by atoms with Crippen molar-refractivity contribution in [3.63, 3.8) is 0 Å². The average Bonchev–Trinajstić information content (AvgIpc) is 2.83. The van der Waals surface area contributed by atoms with Crippen molar-refractivity contribution >= 4 is 32.8 Å². The lowest BCUT2D eigenvalue weighted by Gasteiger charge is -1.98. The third kappa shape index (κ3) is 1.61. The molecule has 2 aromatic heterocycles. The van der Waals surface area contributed by atoms with Crippen molar-refractivity contribution in [3.05, 3.63) is 28.7 Å². The molecule has 1 aromatic carbocycles. The van der Waals surface area contributed by atoms with Crippen LogP contribution in [0.2, 0.25) is 0 Å². The normalized spacial score (nSPS) is 11.2. The van der Waals surface area contributed by atoms with Gasteiger partial charge in [0, 0.05) is 17.6 Å². The van der Waals surface area contributed by atoms with Crippen molar-refractivity contribution in [1.29, 1.82) is 0 Å². The quantitative estimate of drug-likeness (QED) is 0.723. The molecule has 2 heterocycles. The van der Waals surface area contributed by atoms with Gasteiger partial charge in [0.25, 0.3) is 0 Å². The summed E-state index contributed by atoms with van der Waals surface area (Å²) in [7, 11) is 1.97. The summed E-state index contributed by atoms with van der Waals surface area (Å²) in [4.78, 5) is 4.56. The van der Waals surface area contributed by atoms with Crippen molar-refractivity contribution in [2.45, 2.75) is 0 Å². The fourth-order valence-electron chi connectivity index (χ4n) is 1.87. The standard InChI is InChI=1S/C11H10BrN5/c1-17-9-3-2-6(12)4-7(9)14-11(17)8-5-10(13)16-15-8/h2-5H,1H3,(H3,13,15,16). The number of anilines is 1. The van der Waals surface area contributed by atoms with Gasteiger partial charge in [-0.3, -0.25) is 5.10 Å². The van der Waals surface area contributed by atoms with E-state index in [0.29, 0.717) is 5.82 Å². The minimum atomic E-state index is 0.466. The largest absolute Gasteiger partial charge is 0.382 e. The number of aromatic amines is 1.